The molecule has 0 spiro atoms. The van der Waals surface area contributed by atoms with Crippen molar-refractivity contribution < 1.29 is 9.62 Å². The Morgan fingerprint density at radius 2 is 1.91 bits per heavy atom. The van der Waals surface area contributed by atoms with E-state index in [-0.39, 0.29) is 28.2 Å². The first kappa shape index (κ1) is 22.4. The van der Waals surface area contributed by atoms with Crippen molar-refractivity contribution in [3.8, 4) is 11.3 Å². The summed E-state index contributed by atoms with van der Waals surface area (Å²) < 4.78 is 6.36. The van der Waals surface area contributed by atoms with Gasteiger partial charge in [-0.25, -0.2) is 4.98 Å². The Balaban J connectivity index is 1.88. The molecule has 0 fully saturated rings. The monoisotopic (exact) mass is 462 g/mol. The summed E-state index contributed by atoms with van der Waals surface area (Å²) in [6.07, 6.45) is 0. The van der Waals surface area contributed by atoms with Gasteiger partial charge in [-0.3, -0.25) is 4.79 Å². The van der Waals surface area contributed by atoms with Crippen LogP contribution in [-0.2, 0) is 0 Å². The molecule has 0 aliphatic carbocycles. The van der Waals surface area contributed by atoms with Gasteiger partial charge in [0.25, 0.3) is 0 Å². The molecule has 2 aromatic carbocycles. The van der Waals surface area contributed by atoms with Crippen LogP contribution in [0.5, 0.6) is 0 Å². The van der Waals surface area contributed by atoms with Crippen LogP contribution in [-0.4, -0.2) is 16.0 Å². The van der Waals surface area contributed by atoms with Crippen molar-refractivity contribution in [2.75, 3.05) is 5.32 Å². The number of aromatic nitrogens is 1. The van der Waals surface area contributed by atoms with Gasteiger partial charge in [-0.15, -0.1) is 0 Å². The van der Waals surface area contributed by atoms with E-state index in [1.165, 1.54) is 0 Å². The molecule has 0 amide bonds. The van der Waals surface area contributed by atoms with Crippen molar-refractivity contribution in [1.82, 2.24) is 4.98 Å². The second-order valence-corrected chi connectivity index (χ2v) is 8.25. The van der Waals surface area contributed by atoms with Gasteiger partial charge >= 0.3 is 0 Å². The highest BCUT2D eigenvalue weighted by Crippen LogP contribution is 2.32. The Kier molecular flexibility index (Phi) is 6.07. The molecular formula is C25H23ClN4O3. The second kappa shape index (κ2) is 8.96. The zero-order chi connectivity index (χ0) is 23.7. The van der Waals surface area contributed by atoms with Gasteiger partial charge in [0.05, 0.1) is 17.1 Å². The van der Waals surface area contributed by atoms with Gasteiger partial charge in [-0.1, -0.05) is 53.2 Å². The number of benzene rings is 2. The Bertz CT molecular complexity index is 1430. The van der Waals surface area contributed by atoms with Crippen molar-refractivity contribution >= 4 is 34.1 Å². The third kappa shape index (κ3) is 4.27. The smallest absolute Gasteiger partial charge is 0.196 e. The van der Waals surface area contributed by atoms with Crippen LogP contribution in [0.2, 0.25) is 5.15 Å². The van der Waals surface area contributed by atoms with Gasteiger partial charge in [-0.2, -0.15) is 0 Å². The fourth-order valence-electron chi connectivity index (χ4n) is 3.86. The molecule has 0 saturated carbocycles. The van der Waals surface area contributed by atoms with Crippen molar-refractivity contribution in [3.63, 3.8) is 0 Å². The number of halogens is 1. The third-order valence-corrected chi connectivity index (χ3v) is 5.69. The first-order valence-corrected chi connectivity index (χ1v) is 10.7. The third-order valence-electron chi connectivity index (χ3n) is 5.48. The SMILES string of the molecule is Cc1cc(C(C)Nc2ccc(Cl)nc2/C(N)=N/O)c2oc(-c3ccccc3)c(C)c(=O)c2c1. The number of hydrogen-bond donors (Lipinski definition) is 3. The maximum Gasteiger partial charge on any atom is 0.196 e. The van der Waals surface area contributed by atoms with Crippen LogP contribution in [0.25, 0.3) is 22.3 Å². The number of pyridine rings is 1. The summed E-state index contributed by atoms with van der Waals surface area (Å²) in [5.41, 5.74) is 10.1. The van der Waals surface area contributed by atoms with Gasteiger partial charge in [0.1, 0.15) is 22.2 Å². The lowest BCUT2D eigenvalue weighted by Gasteiger charge is -2.20. The summed E-state index contributed by atoms with van der Waals surface area (Å²) in [4.78, 5) is 17.4. The standard InChI is InChI=1S/C25H23ClN4O3/c1-13-11-17(15(3)28-19-9-10-20(26)29-21(19)25(27)30-32)24-18(12-13)22(31)14(2)23(33-24)16-7-5-4-6-8-16/h4-12,15,28,32H,1-3H3,(H2,27,30). The van der Waals surface area contributed by atoms with Crippen LogP contribution in [0.1, 0.15) is 35.3 Å². The molecule has 2 aromatic heterocycles. The van der Waals surface area contributed by atoms with E-state index >= 15 is 0 Å². The van der Waals surface area contributed by atoms with E-state index in [4.69, 9.17) is 27.0 Å². The highest BCUT2D eigenvalue weighted by molar-refractivity contribution is 6.29. The minimum Gasteiger partial charge on any atom is -0.455 e. The topological polar surface area (TPSA) is 114 Å². The molecular weight excluding hydrogens is 440 g/mol. The lowest BCUT2D eigenvalue weighted by Crippen LogP contribution is -2.19. The zero-order valence-corrected chi connectivity index (χ0v) is 19.1. The molecule has 0 aliphatic heterocycles. The molecule has 4 rings (SSSR count). The molecule has 1 unspecified atom stereocenters. The molecule has 1 atom stereocenters. The molecule has 168 valence electrons. The number of fused-ring (bicyclic) bond motifs is 1. The lowest BCUT2D eigenvalue weighted by molar-refractivity contribution is 0.318. The van der Waals surface area contributed by atoms with Crippen molar-refractivity contribution in [2.45, 2.75) is 26.8 Å². The van der Waals surface area contributed by atoms with E-state index in [1.807, 2.05) is 56.3 Å². The molecule has 0 radical (unpaired) electrons. The molecule has 0 saturated heterocycles. The van der Waals surface area contributed by atoms with Gasteiger partial charge in [-0.05, 0) is 44.5 Å². The highest BCUT2D eigenvalue weighted by atomic mass is 35.5. The number of nitrogens with zero attached hydrogens (tertiary/aromatic N) is 2. The number of nitrogens with one attached hydrogen (secondary N) is 1. The number of rotatable bonds is 5. The summed E-state index contributed by atoms with van der Waals surface area (Å²) in [7, 11) is 0. The van der Waals surface area contributed by atoms with E-state index < -0.39 is 0 Å². The van der Waals surface area contributed by atoms with Gasteiger partial charge in [0.15, 0.2) is 11.3 Å². The lowest BCUT2D eigenvalue weighted by atomic mass is 9.98. The molecule has 0 aliphatic rings. The zero-order valence-electron chi connectivity index (χ0n) is 18.4. The van der Waals surface area contributed by atoms with E-state index in [2.05, 4.69) is 15.5 Å². The second-order valence-electron chi connectivity index (χ2n) is 7.86. The quantitative estimate of drug-likeness (QED) is 0.120. The average Bonchev–Trinajstić information content (AvgIpc) is 2.82. The Labute approximate surface area is 195 Å². The van der Waals surface area contributed by atoms with Crippen LogP contribution in [0, 0.1) is 13.8 Å². The number of hydrogen-bond acceptors (Lipinski definition) is 6. The van der Waals surface area contributed by atoms with E-state index in [0.29, 0.717) is 28.0 Å². The van der Waals surface area contributed by atoms with Crippen molar-refractivity contribution in [2.24, 2.45) is 10.9 Å². The van der Waals surface area contributed by atoms with Crippen molar-refractivity contribution in [1.29, 1.82) is 0 Å². The molecule has 4 aromatic rings. The van der Waals surface area contributed by atoms with Crippen LogP contribution in [0.4, 0.5) is 5.69 Å². The summed E-state index contributed by atoms with van der Waals surface area (Å²) in [5, 5.41) is 16.2. The van der Waals surface area contributed by atoms with Crippen LogP contribution in [0.3, 0.4) is 0 Å². The fourth-order valence-corrected chi connectivity index (χ4v) is 4.01. The first-order chi connectivity index (χ1) is 15.8. The summed E-state index contributed by atoms with van der Waals surface area (Å²) in [6.45, 7) is 5.64. The predicted octanol–water partition coefficient (Wildman–Crippen LogP) is 5.39. The van der Waals surface area contributed by atoms with Gasteiger partial charge in [0.2, 0.25) is 0 Å². The fraction of sp³-hybridized carbons (Fsp3) is 0.160. The average molecular weight is 463 g/mol. The molecule has 2 heterocycles. The molecule has 7 nitrogen and oxygen atoms in total. The summed E-state index contributed by atoms with van der Waals surface area (Å²) >= 11 is 6.00. The molecule has 8 heteroatoms. The number of nitrogens with two attached hydrogens (primary N) is 1. The molecule has 33 heavy (non-hydrogen) atoms. The van der Waals surface area contributed by atoms with Gasteiger partial charge < -0.3 is 20.7 Å². The number of anilines is 1. The molecule has 4 N–H and O–H groups in total. The van der Waals surface area contributed by atoms with Gasteiger partial charge in [0, 0.05) is 16.7 Å². The summed E-state index contributed by atoms with van der Waals surface area (Å²) in [5.74, 6) is 0.366. The Hall–Kier alpha value is -3.84. The molecule has 0 bridgehead atoms. The highest BCUT2D eigenvalue weighted by Gasteiger charge is 2.20. The number of oxime groups is 1. The maximum absolute atomic E-state index is 13.3. The number of aryl methyl sites for hydroxylation is 1. The largest absolute Gasteiger partial charge is 0.455 e. The minimum atomic E-state index is -0.310. The van der Waals surface area contributed by atoms with E-state index in [0.717, 1.165) is 16.7 Å². The summed E-state index contributed by atoms with van der Waals surface area (Å²) in [6, 6.07) is 16.4. The first-order valence-electron chi connectivity index (χ1n) is 10.3. The van der Waals surface area contributed by atoms with E-state index in [9.17, 15) is 4.79 Å². The van der Waals surface area contributed by atoms with Crippen LogP contribution >= 0.6 is 11.6 Å². The minimum absolute atomic E-state index is 0.0715. The Morgan fingerprint density at radius 1 is 1.18 bits per heavy atom. The van der Waals surface area contributed by atoms with E-state index in [1.54, 1.807) is 19.1 Å². The van der Waals surface area contributed by atoms with Crippen LogP contribution in [0.15, 0.2) is 69.0 Å². The Morgan fingerprint density at radius 3 is 2.61 bits per heavy atom. The maximum atomic E-state index is 13.3. The number of amidine groups is 1. The normalized spacial score (nSPS) is 12.7. The van der Waals surface area contributed by atoms with Crippen molar-refractivity contribution in [3.05, 3.63) is 92.4 Å². The van der Waals surface area contributed by atoms with Crippen LogP contribution < -0.4 is 16.5 Å². The predicted molar refractivity (Wildman–Crippen MR) is 131 cm³/mol.